The van der Waals surface area contributed by atoms with Crippen LogP contribution in [0, 0.1) is 18.8 Å². The molecular formula is C47H33N4OPtS-3. The quantitative estimate of drug-likeness (QED) is 0.149. The molecule has 1 aliphatic heterocycles. The van der Waals surface area contributed by atoms with Crippen LogP contribution in [0.25, 0.3) is 59.2 Å². The molecule has 54 heavy (non-hydrogen) atoms. The Morgan fingerprint density at radius 2 is 1.33 bits per heavy atom. The molecule has 10 rings (SSSR count). The normalized spacial score (nSPS) is 13.2. The molecule has 1 aliphatic rings. The third kappa shape index (κ3) is 5.69. The van der Waals surface area contributed by atoms with E-state index >= 15 is 0 Å². The second-order valence-corrected chi connectivity index (χ2v) is 14.5. The van der Waals surface area contributed by atoms with Crippen LogP contribution in [0.15, 0.2) is 152 Å². The molecule has 0 atom stereocenters. The fourth-order valence-corrected chi connectivity index (χ4v) is 8.66. The van der Waals surface area contributed by atoms with Gasteiger partial charge in [0.15, 0.2) is 0 Å². The number of pyridine rings is 1. The molecule has 0 bridgehead atoms. The molecule has 9 aromatic rings. The van der Waals surface area contributed by atoms with Crippen LogP contribution in [0.1, 0.15) is 25.0 Å². The van der Waals surface area contributed by atoms with Crippen LogP contribution in [0.3, 0.4) is 0 Å². The zero-order chi connectivity index (χ0) is 35.5. The second kappa shape index (κ2) is 13.9. The van der Waals surface area contributed by atoms with Crippen molar-refractivity contribution >= 4 is 70.4 Å². The molecule has 266 valence electrons. The maximum absolute atomic E-state index is 6.63. The van der Waals surface area contributed by atoms with Gasteiger partial charge in [-0.3, -0.25) is 0 Å². The van der Waals surface area contributed by atoms with Crippen molar-refractivity contribution in [2.24, 2.45) is 0 Å². The van der Waals surface area contributed by atoms with Gasteiger partial charge in [-0.05, 0) is 60.7 Å². The Morgan fingerprint density at radius 1 is 0.630 bits per heavy atom. The van der Waals surface area contributed by atoms with Gasteiger partial charge in [-0.25, -0.2) is 4.98 Å². The maximum atomic E-state index is 6.63. The largest absolute Gasteiger partial charge is 0.509 e. The number of anilines is 1. The molecule has 6 aromatic carbocycles. The maximum Gasteiger partial charge on any atom is 0.135 e. The topological polar surface area (TPSA) is 33.5 Å². The molecule has 4 heterocycles. The van der Waals surface area contributed by atoms with Crippen LogP contribution in [0.4, 0.5) is 5.69 Å². The molecule has 0 saturated heterocycles. The van der Waals surface area contributed by atoms with E-state index in [9.17, 15) is 0 Å². The smallest absolute Gasteiger partial charge is 0.135 e. The van der Waals surface area contributed by atoms with Crippen molar-refractivity contribution in [3.05, 3.63) is 182 Å². The Balaban J connectivity index is 0.00000384. The first-order valence-electron chi connectivity index (χ1n) is 17.8. The Labute approximate surface area is 332 Å². The summed E-state index contributed by atoms with van der Waals surface area (Å²) in [6, 6.07) is 58.0. The van der Waals surface area contributed by atoms with Gasteiger partial charge in [-0.15, -0.1) is 52.7 Å². The standard InChI is InChI=1S/C47H33N4OS.Pt/c1-31(2)49-30-50(46(33-16-7-4-8-17-33)45(49)32-14-5-3-6-15-32)34-18-13-19-35(28-34)52-36-23-24-37-38-25-26-42-44(39-20-9-10-21-41(39)53-42)47(38)51(40(37)29-36)43-22-11-12-27-48-43;/h3-27,30-31H,1-2H3;/q-3;. The van der Waals surface area contributed by atoms with E-state index < -0.39 is 0 Å². The number of ether oxygens (including phenoxy) is 1. The third-order valence-electron chi connectivity index (χ3n) is 9.88. The first-order chi connectivity index (χ1) is 26.1. The van der Waals surface area contributed by atoms with Gasteiger partial charge in [-0.2, -0.15) is 18.8 Å². The van der Waals surface area contributed by atoms with E-state index in [1.54, 1.807) is 0 Å². The van der Waals surface area contributed by atoms with Gasteiger partial charge >= 0.3 is 0 Å². The molecule has 0 fully saturated rings. The summed E-state index contributed by atoms with van der Waals surface area (Å²) in [6.07, 6.45) is 1.84. The summed E-state index contributed by atoms with van der Waals surface area (Å²) in [7, 11) is 0. The van der Waals surface area contributed by atoms with E-state index in [1.165, 1.54) is 20.2 Å². The van der Waals surface area contributed by atoms with Crippen molar-refractivity contribution in [1.29, 1.82) is 0 Å². The van der Waals surface area contributed by atoms with Gasteiger partial charge < -0.3 is 19.1 Å². The van der Waals surface area contributed by atoms with Gasteiger partial charge in [0.2, 0.25) is 0 Å². The summed E-state index contributed by atoms with van der Waals surface area (Å²) < 4.78 is 11.4. The predicted octanol–water partition coefficient (Wildman–Crippen LogP) is 12.1. The number of hydrogen-bond acceptors (Lipinski definition) is 5. The van der Waals surface area contributed by atoms with Crippen molar-refractivity contribution < 1.29 is 25.8 Å². The van der Waals surface area contributed by atoms with Crippen molar-refractivity contribution in [2.45, 2.75) is 19.9 Å². The van der Waals surface area contributed by atoms with E-state index in [1.807, 2.05) is 47.9 Å². The number of rotatable bonds is 7. The molecule has 0 radical (unpaired) electrons. The van der Waals surface area contributed by atoms with Crippen LogP contribution in [-0.2, 0) is 21.1 Å². The zero-order valence-corrected chi connectivity index (χ0v) is 32.6. The Morgan fingerprint density at radius 3 is 2.09 bits per heavy atom. The summed E-state index contributed by atoms with van der Waals surface area (Å²) >= 11 is 1.82. The average molecular weight is 897 g/mol. The first-order valence-corrected chi connectivity index (χ1v) is 18.6. The number of thiophene rings is 1. The molecular weight excluding hydrogens is 864 g/mol. The van der Waals surface area contributed by atoms with Crippen molar-refractivity contribution in [3.8, 4) is 17.3 Å². The Kier molecular flexibility index (Phi) is 8.81. The van der Waals surface area contributed by atoms with E-state index in [4.69, 9.17) is 9.72 Å². The van der Waals surface area contributed by atoms with Crippen molar-refractivity contribution in [3.63, 3.8) is 0 Å². The van der Waals surface area contributed by atoms with Gasteiger partial charge in [0.1, 0.15) is 5.82 Å². The molecule has 0 aliphatic carbocycles. The number of hydrogen-bond donors (Lipinski definition) is 0. The van der Waals surface area contributed by atoms with E-state index in [-0.39, 0.29) is 27.1 Å². The predicted molar refractivity (Wildman–Crippen MR) is 219 cm³/mol. The Bertz CT molecular complexity index is 2830. The van der Waals surface area contributed by atoms with Gasteiger partial charge in [0, 0.05) is 70.3 Å². The average Bonchev–Trinajstić information content (AvgIpc) is 3.89. The molecule has 0 N–H and O–H groups in total. The fraction of sp³-hybridized carbons (Fsp3) is 0.0638. The molecule has 0 saturated carbocycles. The van der Waals surface area contributed by atoms with Crippen LogP contribution in [-0.4, -0.2) is 20.5 Å². The summed E-state index contributed by atoms with van der Waals surface area (Å²) in [5.41, 5.74) is 7.46. The van der Waals surface area contributed by atoms with Gasteiger partial charge in [0.25, 0.3) is 0 Å². The van der Waals surface area contributed by atoms with Crippen LogP contribution in [0.5, 0.6) is 11.5 Å². The number of nitrogens with zero attached hydrogens (tertiary/aromatic N) is 4. The Hall–Kier alpha value is -5.68. The van der Waals surface area contributed by atoms with Crippen LogP contribution in [0.2, 0.25) is 0 Å². The molecule has 7 heteroatoms. The minimum atomic E-state index is 0. The van der Waals surface area contributed by atoms with Crippen LogP contribution < -0.4 is 9.64 Å². The molecule has 0 amide bonds. The number of benzene rings is 6. The zero-order valence-electron chi connectivity index (χ0n) is 29.5. The fourth-order valence-electron chi connectivity index (χ4n) is 7.55. The van der Waals surface area contributed by atoms with Gasteiger partial charge in [0.05, 0.1) is 5.52 Å². The van der Waals surface area contributed by atoms with E-state index in [2.05, 4.69) is 162 Å². The van der Waals surface area contributed by atoms with Crippen molar-refractivity contribution in [2.75, 3.05) is 4.90 Å². The minimum absolute atomic E-state index is 0. The first kappa shape index (κ1) is 34.1. The van der Waals surface area contributed by atoms with Crippen LogP contribution >= 0.6 is 11.3 Å². The second-order valence-electron chi connectivity index (χ2n) is 13.5. The molecule has 0 spiro atoms. The van der Waals surface area contributed by atoms with E-state index in [0.29, 0.717) is 11.5 Å². The number of fused-ring (bicyclic) bond motifs is 7. The van der Waals surface area contributed by atoms with Crippen molar-refractivity contribution in [1.82, 2.24) is 14.5 Å². The van der Waals surface area contributed by atoms with E-state index in [0.717, 1.165) is 55.8 Å². The summed E-state index contributed by atoms with van der Waals surface area (Å²) in [5.74, 6) is 2.05. The summed E-state index contributed by atoms with van der Waals surface area (Å²) in [4.78, 5) is 9.39. The monoisotopic (exact) mass is 896 g/mol. The molecule has 0 unspecified atom stereocenters. The molecule has 5 nitrogen and oxygen atoms in total. The number of aromatic nitrogens is 2. The van der Waals surface area contributed by atoms with Gasteiger partial charge in [-0.1, -0.05) is 96.5 Å². The summed E-state index contributed by atoms with van der Waals surface area (Å²) in [6.45, 7) is 6.62. The minimum Gasteiger partial charge on any atom is -0.509 e. The SMILES string of the molecule is CC(C)N1[CH-]N(c2[c-]c(Oc3[c-]c4c(cc3)c3ccc5sc6ccccc6c5c3n4-c3ccccn3)ccc2)C(c2ccccc2)=C1c1ccccc1.[Pt]. The third-order valence-corrected chi connectivity index (χ3v) is 11.0. The summed E-state index contributed by atoms with van der Waals surface area (Å²) in [5, 5.41) is 4.73. The molecule has 3 aromatic heterocycles.